The van der Waals surface area contributed by atoms with Crippen LogP contribution in [-0.2, 0) is 0 Å². The van der Waals surface area contributed by atoms with Gasteiger partial charge in [0, 0.05) is 0 Å². The van der Waals surface area contributed by atoms with Gasteiger partial charge in [0.15, 0.2) is 0 Å². The molecule has 0 heterocycles. The Kier molecular flexibility index (Phi) is 38.6. The van der Waals surface area contributed by atoms with Gasteiger partial charge in [0.25, 0.3) is 0 Å². The highest BCUT2D eigenvalue weighted by Crippen LogP contribution is 2.18. The molecule has 0 atom stereocenters. The van der Waals surface area contributed by atoms with E-state index in [4.69, 9.17) is 0 Å². The third-order valence-corrected chi connectivity index (χ3v) is 9.65. The Hall–Kier alpha value is 0.250. The Morgan fingerprint density at radius 1 is 0.244 bits per heavy atom. The second-order valence-electron chi connectivity index (χ2n) is 14.0. The molecule has 0 aliphatic carbocycles. The predicted octanol–water partition coefficient (Wildman–Crippen LogP) is 11.0. The lowest BCUT2D eigenvalue weighted by molar-refractivity contribution is -0.910. The molecule has 0 saturated carbocycles. The summed E-state index contributed by atoms with van der Waals surface area (Å²) in [5.41, 5.74) is 0. The van der Waals surface area contributed by atoms with Crippen molar-refractivity contribution >= 4 is 0 Å². The van der Waals surface area contributed by atoms with E-state index in [0.29, 0.717) is 0 Å². The number of hydrogen-bond donors (Lipinski definition) is 0. The van der Waals surface area contributed by atoms with E-state index in [0.717, 1.165) is 0 Å². The zero-order valence-corrected chi connectivity index (χ0v) is 30.3. The van der Waals surface area contributed by atoms with Crippen LogP contribution in [0.5, 0.6) is 0 Å². The molecule has 41 heavy (non-hydrogen) atoms. The Morgan fingerprint density at radius 3 is 0.561 bits per heavy atom. The van der Waals surface area contributed by atoms with Crippen molar-refractivity contribution in [3.8, 4) is 0 Å². The van der Waals surface area contributed by atoms with Crippen LogP contribution in [0.15, 0.2) is 0 Å². The minimum absolute atomic E-state index is 0. The fraction of sp³-hybridized carbons (Fsp3) is 1.00. The summed E-state index contributed by atoms with van der Waals surface area (Å²) in [5, 5.41) is 0. The van der Waals surface area contributed by atoms with Gasteiger partial charge in [-0.05, 0) is 38.5 Å². The SMILES string of the molecule is CCCCCCCCCCCCCCCCCC[N+](C)(CCCCCCCCCC)CCCCCCCCCC.[Cl-]. The monoisotopic (exact) mass is 600 g/mol. The van der Waals surface area contributed by atoms with Crippen molar-refractivity contribution in [1.29, 1.82) is 0 Å². The fourth-order valence-corrected chi connectivity index (χ4v) is 6.63. The van der Waals surface area contributed by atoms with Crippen molar-refractivity contribution < 1.29 is 16.9 Å². The summed E-state index contributed by atoms with van der Waals surface area (Å²) in [5.74, 6) is 0. The summed E-state index contributed by atoms with van der Waals surface area (Å²) >= 11 is 0. The summed E-state index contributed by atoms with van der Waals surface area (Å²) in [6.45, 7) is 11.3. The van der Waals surface area contributed by atoms with Gasteiger partial charge in [-0.2, -0.15) is 0 Å². The van der Waals surface area contributed by atoms with Gasteiger partial charge in [-0.25, -0.2) is 0 Å². The molecule has 0 saturated heterocycles. The number of nitrogens with zero attached hydrogens (tertiary/aromatic N) is 1. The number of quaternary nitrogens is 1. The molecule has 0 fully saturated rings. The van der Waals surface area contributed by atoms with Crippen LogP contribution >= 0.6 is 0 Å². The average molecular weight is 601 g/mol. The lowest BCUT2D eigenvalue weighted by Crippen LogP contribution is -3.00. The van der Waals surface area contributed by atoms with Crippen LogP contribution in [0.2, 0.25) is 0 Å². The van der Waals surface area contributed by atoms with Gasteiger partial charge in [0.2, 0.25) is 0 Å². The summed E-state index contributed by atoms with van der Waals surface area (Å²) in [4.78, 5) is 0. The van der Waals surface area contributed by atoms with Crippen LogP contribution < -0.4 is 12.4 Å². The Labute approximate surface area is 269 Å². The molecule has 0 unspecified atom stereocenters. The molecule has 0 bridgehead atoms. The summed E-state index contributed by atoms with van der Waals surface area (Å²) in [6.07, 6.45) is 46.8. The molecule has 0 aliphatic rings. The molecule has 0 radical (unpaired) electrons. The van der Waals surface area contributed by atoms with E-state index < -0.39 is 0 Å². The molecule has 2 heteroatoms. The van der Waals surface area contributed by atoms with Crippen LogP contribution in [0.3, 0.4) is 0 Å². The highest BCUT2D eigenvalue weighted by atomic mass is 35.5. The van der Waals surface area contributed by atoms with Crippen molar-refractivity contribution in [3.05, 3.63) is 0 Å². The van der Waals surface area contributed by atoms with Crippen LogP contribution in [0.4, 0.5) is 0 Å². The summed E-state index contributed by atoms with van der Waals surface area (Å²) in [7, 11) is 2.60. The van der Waals surface area contributed by atoms with E-state index >= 15 is 0 Å². The van der Waals surface area contributed by atoms with E-state index in [9.17, 15) is 0 Å². The summed E-state index contributed by atoms with van der Waals surface area (Å²) < 4.78 is 1.37. The van der Waals surface area contributed by atoms with Crippen LogP contribution in [0, 0.1) is 0 Å². The van der Waals surface area contributed by atoms with Crippen LogP contribution in [0.25, 0.3) is 0 Å². The van der Waals surface area contributed by atoms with E-state index in [2.05, 4.69) is 27.8 Å². The Balaban J connectivity index is 0. The van der Waals surface area contributed by atoms with Crippen molar-refractivity contribution in [1.82, 2.24) is 0 Å². The maximum Gasteiger partial charge on any atom is 0.0784 e. The fourth-order valence-electron chi connectivity index (χ4n) is 6.63. The number of hydrogen-bond acceptors (Lipinski definition) is 0. The minimum atomic E-state index is 0. The molecule has 0 rings (SSSR count). The molecule has 0 amide bonds. The van der Waals surface area contributed by atoms with E-state index in [1.54, 1.807) is 0 Å². The molecule has 250 valence electrons. The lowest BCUT2D eigenvalue weighted by atomic mass is 10.0. The van der Waals surface area contributed by atoms with Crippen molar-refractivity contribution in [2.24, 2.45) is 0 Å². The van der Waals surface area contributed by atoms with Crippen LogP contribution in [0.1, 0.15) is 226 Å². The maximum atomic E-state index is 2.60. The number of halogens is 1. The topological polar surface area (TPSA) is 0 Å². The van der Waals surface area contributed by atoms with E-state index in [1.807, 2.05) is 0 Å². The normalized spacial score (nSPS) is 11.7. The number of rotatable bonds is 35. The lowest BCUT2D eigenvalue weighted by Gasteiger charge is -2.35. The molecule has 0 aromatic carbocycles. The highest BCUT2D eigenvalue weighted by molar-refractivity contribution is 4.53. The largest absolute Gasteiger partial charge is 1.00 e. The van der Waals surface area contributed by atoms with Gasteiger partial charge < -0.3 is 16.9 Å². The predicted molar refractivity (Wildman–Crippen MR) is 186 cm³/mol. The van der Waals surface area contributed by atoms with Gasteiger partial charge in [0.1, 0.15) is 0 Å². The molecular formula is C39H82ClN. The molecule has 0 spiro atoms. The molecule has 1 nitrogen and oxygen atoms in total. The second kappa shape index (κ2) is 36.4. The van der Waals surface area contributed by atoms with Crippen molar-refractivity contribution in [2.45, 2.75) is 226 Å². The van der Waals surface area contributed by atoms with Gasteiger partial charge in [0.05, 0.1) is 26.7 Å². The first-order valence-electron chi connectivity index (χ1n) is 19.5. The molecule has 0 aliphatic heterocycles. The van der Waals surface area contributed by atoms with Crippen LogP contribution in [-0.4, -0.2) is 31.2 Å². The molecular weight excluding hydrogens is 518 g/mol. The molecule has 0 aromatic rings. The van der Waals surface area contributed by atoms with Gasteiger partial charge >= 0.3 is 0 Å². The standard InChI is InChI=1S/C39H82N.ClH/c1-5-8-11-14-17-20-21-22-23-24-25-26-27-30-33-36-39-40(4,37-34-31-28-18-15-12-9-6-2)38-35-32-29-19-16-13-10-7-3;/h5-39H2,1-4H3;1H/q+1;/p-1. The van der Waals surface area contributed by atoms with Gasteiger partial charge in [-0.3, -0.25) is 0 Å². The van der Waals surface area contributed by atoms with Gasteiger partial charge in [-0.1, -0.05) is 188 Å². The van der Waals surface area contributed by atoms with E-state index in [-0.39, 0.29) is 12.4 Å². The smallest absolute Gasteiger partial charge is 0.0784 e. The van der Waals surface area contributed by atoms with Crippen molar-refractivity contribution in [3.63, 3.8) is 0 Å². The zero-order chi connectivity index (χ0) is 29.2. The first kappa shape index (κ1) is 43.4. The van der Waals surface area contributed by atoms with Crippen molar-refractivity contribution in [2.75, 3.05) is 26.7 Å². The molecule has 0 aromatic heterocycles. The first-order chi connectivity index (χ1) is 19.7. The third kappa shape index (κ3) is 34.6. The second-order valence-corrected chi connectivity index (χ2v) is 14.0. The quantitative estimate of drug-likeness (QED) is 0.0502. The highest BCUT2D eigenvalue weighted by Gasteiger charge is 2.20. The average Bonchev–Trinajstić information content (AvgIpc) is 2.95. The third-order valence-electron chi connectivity index (χ3n) is 9.65. The van der Waals surface area contributed by atoms with Gasteiger partial charge in [-0.15, -0.1) is 0 Å². The minimum Gasteiger partial charge on any atom is -1.00 e. The maximum absolute atomic E-state index is 2.60. The Bertz CT molecular complexity index is 431. The Morgan fingerprint density at radius 2 is 0.390 bits per heavy atom. The zero-order valence-electron chi connectivity index (χ0n) is 29.6. The molecule has 0 N–H and O–H groups in total. The number of unbranched alkanes of at least 4 members (excludes halogenated alkanes) is 29. The summed E-state index contributed by atoms with van der Waals surface area (Å²) in [6, 6.07) is 0. The van der Waals surface area contributed by atoms with E-state index in [1.165, 1.54) is 230 Å². The first-order valence-corrected chi connectivity index (χ1v) is 19.5.